The highest BCUT2D eigenvalue weighted by molar-refractivity contribution is 7.87. The Balaban J connectivity index is 1.81. The zero-order valence-electron chi connectivity index (χ0n) is 11.6. The first-order valence-electron chi connectivity index (χ1n) is 6.71. The molecule has 2 aromatic rings. The summed E-state index contributed by atoms with van der Waals surface area (Å²) in [4.78, 5) is 13.2. The molecule has 1 saturated heterocycles. The van der Waals surface area contributed by atoms with Crippen molar-refractivity contribution in [2.75, 3.05) is 18.0 Å². The number of para-hydroxylation sites is 1. The molecule has 1 fully saturated rings. The number of carbonyl (C=O) groups is 1. The van der Waals surface area contributed by atoms with E-state index in [1.165, 1.54) is 12.1 Å². The highest BCUT2D eigenvalue weighted by atomic mass is 32.2. The maximum atomic E-state index is 12.2. The summed E-state index contributed by atoms with van der Waals surface area (Å²) in [5.41, 5.74) is 0.647. The molecule has 1 heterocycles. The number of nitrogens with one attached hydrogen (secondary N) is 1. The molecule has 114 valence electrons. The molecule has 0 saturated carbocycles. The Morgan fingerprint density at radius 2 is 1.68 bits per heavy atom. The van der Waals surface area contributed by atoms with E-state index in [1.54, 1.807) is 47.4 Å². The molecule has 0 aliphatic carbocycles. The second-order valence-electron chi connectivity index (χ2n) is 4.73. The van der Waals surface area contributed by atoms with Gasteiger partial charge in [0.15, 0.2) is 0 Å². The van der Waals surface area contributed by atoms with Crippen LogP contribution in [0.25, 0.3) is 0 Å². The summed E-state index contributed by atoms with van der Waals surface area (Å²) in [6, 6.07) is 14.2. The van der Waals surface area contributed by atoms with Gasteiger partial charge in [0.1, 0.15) is 10.6 Å². The fraction of sp³-hybridized carbons (Fsp3) is 0.133. The Morgan fingerprint density at radius 3 is 2.27 bits per heavy atom. The van der Waals surface area contributed by atoms with Crippen molar-refractivity contribution in [2.45, 2.75) is 4.90 Å². The van der Waals surface area contributed by atoms with Gasteiger partial charge in [0.2, 0.25) is 0 Å². The van der Waals surface area contributed by atoms with Crippen LogP contribution >= 0.6 is 0 Å². The Morgan fingerprint density at radius 1 is 1.00 bits per heavy atom. The molecule has 0 radical (unpaired) electrons. The fourth-order valence-electron chi connectivity index (χ4n) is 2.16. The Bertz CT molecular complexity index is 773. The van der Waals surface area contributed by atoms with Crippen molar-refractivity contribution in [3.63, 3.8) is 0 Å². The minimum absolute atomic E-state index is 0.0414. The number of rotatable bonds is 4. The van der Waals surface area contributed by atoms with Crippen LogP contribution in [0.5, 0.6) is 5.75 Å². The Labute approximate surface area is 128 Å². The predicted molar refractivity (Wildman–Crippen MR) is 81.4 cm³/mol. The standard InChI is InChI=1S/C15H14N2O4S/c18-15-16-10-11-17(15)12-6-8-14(9-7-12)22(19,20)21-13-4-2-1-3-5-13/h1-9H,10-11H2,(H,16,18). The maximum Gasteiger partial charge on any atom is 0.339 e. The van der Waals surface area contributed by atoms with E-state index in [0.29, 0.717) is 18.8 Å². The summed E-state index contributed by atoms with van der Waals surface area (Å²) in [6.07, 6.45) is 0. The van der Waals surface area contributed by atoms with Crippen LogP contribution in [-0.2, 0) is 10.1 Å². The second-order valence-corrected chi connectivity index (χ2v) is 6.27. The second kappa shape index (κ2) is 5.69. The lowest BCUT2D eigenvalue weighted by atomic mass is 10.3. The molecule has 0 bridgehead atoms. The van der Waals surface area contributed by atoms with E-state index in [4.69, 9.17) is 4.18 Å². The lowest BCUT2D eigenvalue weighted by molar-refractivity contribution is 0.252. The molecule has 2 aromatic carbocycles. The first-order chi connectivity index (χ1) is 10.6. The highest BCUT2D eigenvalue weighted by Crippen LogP contribution is 2.22. The maximum absolute atomic E-state index is 12.2. The molecule has 1 N–H and O–H groups in total. The quantitative estimate of drug-likeness (QED) is 0.875. The predicted octanol–water partition coefficient (Wildman–Crippen LogP) is 1.98. The summed E-state index contributed by atoms with van der Waals surface area (Å²) in [6.45, 7) is 1.14. The highest BCUT2D eigenvalue weighted by Gasteiger charge is 2.22. The van der Waals surface area contributed by atoms with Crippen molar-refractivity contribution in [3.8, 4) is 5.75 Å². The van der Waals surface area contributed by atoms with Gasteiger partial charge in [0, 0.05) is 18.8 Å². The molecule has 1 aliphatic heterocycles. The molecule has 0 spiro atoms. The largest absolute Gasteiger partial charge is 0.379 e. The van der Waals surface area contributed by atoms with E-state index in [9.17, 15) is 13.2 Å². The Kier molecular flexibility index (Phi) is 3.72. The van der Waals surface area contributed by atoms with Crippen LogP contribution in [0.1, 0.15) is 0 Å². The van der Waals surface area contributed by atoms with Crippen LogP contribution in [-0.4, -0.2) is 27.5 Å². The zero-order valence-corrected chi connectivity index (χ0v) is 12.4. The van der Waals surface area contributed by atoms with Gasteiger partial charge in [-0.25, -0.2) is 4.79 Å². The molecule has 6 nitrogen and oxygen atoms in total. The lowest BCUT2D eigenvalue weighted by Crippen LogP contribution is -2.27. The van der Waals surface area contributed by atoms with Crippen LogP contribution in [0, 0.1) is 0 Å². The molecule has 0 atom stereocenters. The average Bonchev–Trinajstić information content (AvgIpc) is 2.94. The first kappa shape index (κ1) is 14.4. The van der Waals surface area contributed by atoms with E-state index in [-0.39, 0.29) is 16.7 Å². The third-order valence-corrected chi connectivity index (χ3v) is 4.50. The molecule has 0 aromatic heterocycles. The van der Waals surface area contributed by atoms with E-state index in [2.05, 4.69) is 5.32 Å². The monoisotopic (exact) mass is 318 g/mol. The molecule has 0 unspecified atom stereocenters. The van der Waals surface area contributed by atoms with Crippen LogP contribution in [0.3, 0.4) is 0 Å². The van der Waals surface area contributed by atoms with Gasteiger partial charge in [-0.05, 0) is 36.4 Å². The van der Waals surface area contributed by atoms with E-state index in [0.717, 1.165) is 0 Å². The molecular weight excluding hydrogens is 304 g/mol. The molecule has 3 rings (SSSR count). The number of anilines is 1. The number of amides is 2. The molecule has 7 heteroatoms. The van der Waals surface area contributed by atoms with Crippen molar-refractivity contribution >= 4 is 21.8 Å². The number of hydrogen-bond acceptors (Lipinski definition) is 4. The normalized spacial score (nSPS) is 14.7. The smallest absolute Gasteiger partial charge is 0.339 e. The Hall–Kier alpha value is -2.54. The van der Waals surface area contributed by atoms with Crippen LogP contribution in [0.4, 0.5) is 10.5 Å². The number of urea groups is 1. The molecule has 2 amide bonds. The minimum Gasteiger partial charge on any atom is -0.379 e. The molecular formula is C15H14N2O4S. The van der Waals surface area contributed by atoms with Crippen LogP contribution < -0.4 is 14.4 Å². The van der Waals surface area contributed by atoms with E-state index < -0.39 is 10.1 Å². The van der Waals surface area contributed by atoms with Crippen molar-refractivity contribution in [1.82, 2.24) is 5.32 Å². The summed E-state index contributed by atoms with van der Waals surface area (Å²) in [5, 5.41) is 2.69. The van der Waals surface area contributed by atoms with Crippen LogP contribution in [0.15, 0.2) is 59.5 Å². The van der Waals surface area contributed by atoms with Crippen molar-refractivity contribution in [1.29, 1.82) is 0 Å². The summed E-state index contributed by atoms with van der Waals surface area (Å²) < 4.78 is 29.4. The number of hydrogen-bond donors (Lipinski definition) is 1. The third kappa shape index (κ3) is 2.89. The van der Waals surface area contributed by atoms with Crippen molar-refractivity contribution in [3.05, 3.63) is 54.6 Å². The van der Waals surface area contributed by atoms with Crippen LogP contribution in [0.2, 0.25) is 0 Å². The SMILES string of the molecule is O=C1NCCN1c1ccc(S(=O)(=O)Oc2ccccc2)cc1. The average molecular weight is 318 g/mol. The molecule has 22 heavy (non-hydrogen) atoms. The van der Waals surface area contributed by atoms with Crippen molar-refractivity contribution in [2.24, 2.45) is 0 Å². The van der Waals surface area contributed by atoms with Gasteiger partial charge < -0.3 is 9.50 Å². The van der Waals surface area contributed by atoms with Gasteiger partial charge in [-0.2, -0.15) is 8.42 Å². The van der Waals surface area contributed by atoms with E-state index >= 15 is 0 Å². The van der Waals surface area contributed by atoms with Crippen molar-refractivity contribution < 1.29 is 17.4 Å². The summed E-state index contributed by atoms with van der Waals surface area (Å²) in [5.74, 6) is 0.255. The number of benzene rings is 2. The van der Waals surface area contributed by atoms with Gasteiger partial charge >= 0.3 is 16.1 Å². The third-order valence-electron chi connectivity index (χ3n) is 3.24. The molecule has 1 aliphatic rings. The van der Waals surface area contributed by atoms with Gasteiger partial charge in [0.25, 0.3) is 0 Å². The van der Waals surface area contributed by atoms with Gasteiger partial charge in [0.05, 0.1) is 0 Å². The topological polar surface area (TPSA) is 75.7 Å². The fourth-order valence-corrected chi connectivity index (χ4v) is 3.09. The van der Waals surface area contributed by atoms with Gasteiger partial charge in [-0.3, -0.25) is 4.90 Å². The van der Waals surface area contributed by atoms with E-state index in [1.807, 2.05) is 0 Å². The lowest BCUT2D eigenvalue weighted by Gasteiger charge is -2.14. The number of carbonyl (C=O) groups excluding carboxylic acids is 1. The number of nitrogens with zero attached hydrogens (tertiary/aromatic N) is 1. The zero-order chi connectivity index (χ0) is 15.6. The van der Waals surface area contributed by atoms with Gasteiger partial charge in [-0.1, -0.05) is 18.2 Å². The van der Waals surface area contributed by atoms with Gasteiger partial charge in [-0.15, -0.1) is 0 Å². The first-order valence-corrected chi connectivity index (χ1v) is 8.12. The summed E-state index contributed by atoms with van der Waals surface area (Å²) >= 11 is 0. The minimum atomic E-state index is -3.89. The summed E-state index contributed by atoms with van der Waals surface area (Å²) in [7, 11) is -3.89.